The van der Waals surface area contributed by atoms with Crippen molar-refractivity contribution in [3.05, 3.63) is 30.3 Å². The average molecular weight is 512 g/mol. The molecule has 1 rings (SSSR count). The van der Waals surface area contributed by atoms with Crippen molar-refractivity contribution in [2.45, 2.75) is 0 Å². The van der Waals surface area contributed by atoms with E-state index >= 15 is 0 Å². The highest BCUT2D eigenvalue weighted by molar-refractivity contribution is 14.1. The van der Waals surface area contributed by atoms with Crippen molar-refractivity contribution in [3.8, 4) is 5.75 Å². The zero-order chi connectivity index (χ0) is 20.0. The number of para-hydroxylation sites is 1. The highest BCUT2D eigenvalue weighted by atomic mass is 127. The van der Waals surface area contributed by atoms with Gasteiger partial charge in [0.05, 0.1) is 79.3 Å². The van der Waals surface area contributed by atoms with Gasteiger partial charge in [0.15, 0.2) is 0 Å². The predicted octanol–water partition coefficient (Wildman–Crippen LogP) is 2.60. The topological polar surface area (TPSA) is 64.6 Å². The van der Waals surface area contributed by atoms with Crippen molar-refractivity contribution in [2.24, 2.45) is 0 Å². The molecule has 0 aliphatic heterocycles. The maximum atomic E-state index is 5.53. The molecule has 0 heterocycles. The Hall–Kier alpha value is -0.490. The van der Waals surface area contributed by atoms with Crippen LogP contribution in [0.4, 0.5) is 0 Å². The molecular weight excluding hydrogens is 479 g/mol. The van der Waals surface area contributed by atoms with Gasteiger partial charge in [0.1, 0.15) is 12.4 Å². The van der Waals surface area contributed by atoms with Gasteiger partial charge in [-0.25, -0.2) is 0 Å². The lowest BCUT2D eigenvalue weighted by Gasteiger charge is -2.08. The van der Waals surface area contributed by atoms with Crippen LogP contribution in [0.25, 0.3) is 0 Å². The van der Waals surface area contributed by atoms with Crippen LogP contribution in [0.3, 0.4) is 0 Å². The van der Waals surface area contributed by atoms with Gasteiger partial charge in [0.2, 0.25) is 0 Å². The molecule has 0 amide bonds. The lowest BCUT2D eigenvalue weighted by Crippen LogP contribution is -2.14. The monoisotopic (exact) mass is 512 g/mol. The van der Waals surface area contributed by atoms with Crippen molar-refractivity contribution < 1.29 is 33.2 Å². The van der Waals surface area contributed by atoms with Crippen LogP contribution in [0.15, 0.2) is 30.3 Å². The van der Waals surface area contributed by atoms with E-state index in [-0.39, 0.29) is 0 Å². The van der Waals surface area contributed by atoms with Crippen molar-refractivity contribution in [3.63, 3.8) is 0 Å². The van der Waals surface area contributed by atoms with Crippen molar-refractivity contribution in [1.82, 2.24) is 0 Å². The first-order valence-electron chi connectivity index (χ1n) is 9.63. The van der Waals surface area contributed by atoms with E-state index in [4.69, 9.17) is 33.2 Å². The first-order chi connectivity index (χ1) is 13.9. The van der Waals surface area contributed by atoms with E-state index in [1.807, 2.05) is 30.3 Å². The average Bonchev–Trinajstić information content (AvgIpc) is 2.73. The molecule has 0 unspecified atom stereocenters. The van der Waals surface area contributed by atoms with Gasteiger partial charge in [0, 0.05) is 4.43 Å². The molecular formula is C20H33IO7. The number of rotatable bonds is 21. The number of benzene rings is 1. The Morgan fingerprint density at radius 1 is 0.464 bits per heavy atom. The second kappa shape index (κ2) is 21.2. The van der Waals surface area contributed by atoms with Crippen LogP contribution in [-0.2, 0) is 28.4 Å². The molecule has 0 atom stereocenters. The van der Waals surface area contributed by atoms with Crippen LogP contribution in [0.1, 0.15) is 0 Å². The second-order valence-electron chi connectivity index (χ2n) is 5.52. The largest absolute Gasteiger partial charge is 0.491 e. The summed E-state index contributed by atoms with van der Waals surface area (Å²) in [4.78, 5) is 0. The van der Waals surface area contributed by atoms with E-state index in [1.54, 1.807) is 0 Å². The second-order valence-corrected chi connectivity index (χ2v) is 6.60. The van der Waals surface area contributed by atoms with Gasteiger partial charge in [-0.2, -0.15) is 0 Å². The first kappa shape index (κ1) is 25.5. The smallest absolute Gasteiger partial charge is 0.119 e. The van der Waals surface area contributed by atoms with Crippen LogP contribution >= 0.6 is 22.6 Å². The summed E-state index contributed by atoms with van der Waals surface area (Å²) in [5, 5.41) is 0. The summed E-state index contributed by atoms with van der Waals surface area (Å²) in [7, 11) is 0. The summed E-state index contributed by atoms with van der Waals surface area (Å²) in [6, 6.07) is 9.69. The molecule has 0 saturated carbocycles. The predicted molar refractivity (Wildman–Crippen MR) is 116 cm³/mol. The lowest BCUT2D eigenvalue weighted by molar-refractivity contribution is -0.0171. The van der Waals surface area contributed by atoms with Gasteiger partial charge >= 0.3 is 0 Å². The van der Waals surface area contributed by atoms with Gasteiger partial charge in [-0.15, -0.1) is 0 Å². The Labute approximate surface area is 182 Å². The maximum Gasteiger partial charge on any atom is 0.119 e. The summed E-state index contributed by atoms with van der Waals surface area (Å²) in [6.07, 6.45) is 0. The first-order valence-corrected chi connectivity index (χ1v) is 11.2. The van der Waals surface area contributed by atoms with Crippen LogP contribution in [0, 0.1) is 0 Å². The van der Waals surface area contributed by atoms with Crippen LogP contribution in [0.2, 0.25) is 0 Å². The molecule has 28 heavy (non-hydrogen) atoms. The quantitative estimate of drug-likeness (QED) is 0.143. The SMILES string of the molecule is ICCOCCOCCOCCOCCOCCOCCOc1ccccc1. The highest BCUT2D eigenvalue weighted by Crippen LogP contribution is 2.07. The minimum atomic E-state index is 0.532. The fourth-order valence-electron chi connectivity index (χ4n) is 1.99. The number of ether oxygens (including phenoxy) is 7. The normalized spacial score (nSPS) is 11.0. The molecule has 0 aromatic heterocycles. The molecule has 0 bridgehead atoms. The summed E-state index contributed by atoms with van der Waals surface area (Å²) in [5.41, 5.74) is 0. The van der Waals surface area contributed by atoms with E-state index in [2.05, 4.69) is 22.6 Å². The van der Waals surface area contributed by atoms with Gasteiger partial charge in [-0.05, 0) is 12.1 Å². The zero-order valence-corrected chi connectivity index (χ0v) is 18.7. The third-order valence-corrected chi connectivity index (χ3v) is 3.76. The Morgan fingerprint density at radius 2 is 0.821 bits per heavy atom. The fourth-order valence-corrected chi connectivity index (χ4v) is 2.30. The minimum absolute atomic E-state index is 0.532. The summed E-state index contributed by atoms with van der Waals surface area (Å²) >= 11 is 2.28. The van der Waals surface area contributed by atoms with E-state index in [9.17, 15) is 0 Å². The zero-order valence-electron chi connectivity index (χ0n) is 16.5. The van der Waals surface area contributed by atoms with Gasteiger partial charge < -0.3 is 33.2 Å². The molecule has 0 spiro atoms. The van der Waals surface area contributed by atoms with Crippen LogP contribution < -0.4 is 4.74 Å². The molecule has 0 aliphatic rings. The maximum absolute atomic E-state index is 5.53. The Kier molecular flexibility index (Phi) is 19.4. The number of alkyl halides is 1. The summed E-state index contributed by atoms with van der Waals surface area (Å²) in [5.74, 6) is 0.854. The van der Waals surface area contributed by atoms with E-state index in [1.165, 1.54) is 0 Å². The van der Waals surface area contributed by atoms with Gasteiger partial charge in [0.25, 0.3) is 0 Å². The fraction of sp³-hybridized carbons (Fsp3) is 0.700. The van der Waals surface area contributed by atoms with Crippen molar-refractivity contribution in [1.29, 1.82) is 0 Å². The Balaban J connectivity index is 1.67. The van der Waals surface area contributed by atoms with E-state index < -0.39 is 0 Å². The molecule has 1 aromatic rings. The molecule has 162 valence electrons. The molecule has 0 fully saturated rings. The number of hydrogen-bond acceptors (Lipinski definition) is 7. The summed E-state index contributed by atoms with van der Waals surface area (Å²) in [6.45, 7) is 7.53. The third kappa shape index (κ3) is 17.6. The molecule has 1 aromatic carbocycles. The minimum Gasteiger partial charge on any atom is -0.491 e. The van der Waals surface area contributed by atoms with E-state index in [0.717, 1.165) is 16.8 Å². The molecule has 0 N–H and O–H groups in total. The van der Waals surface area contributed by atoms with Crippen LogP contribution in [-0.4, -0.2) is 90.3 Å². The van der Waals surface area contributed by atoms with E-state index in [0.29, 0.717) is 79.3 Å². The van der Waals surface area contributed by atoms with Gasteiger partial charge in [-0.1, -0.05) is 40.8 Å². The Morgan fingerprint density at radius 3 is 1.21 bits per heavy atom. The van der Waals surface area contributed by atoms with Crippen LogP contribution in [0.5, 0.6) is 5.75 Å². The van der Waals surface area contributed by atoms with Crippen molar-refractivity contribution >= 4 is 22.6 Å². The standard InChI is InChI=1S/C20H33IO7/c21-6-7-22-8-9-23-10-11-24-12-13-25-14-15-26-16-17-27-18-19-28-20-4-2-1-3-5-20/h1-5H,6-19H2. The molecule has 0 saturated heterocycles. The molecule has 7 nitrogen and oxygen atoms in total. The third-order valence-electron chi connectivity index (χ3n) is 3.32. The molecule has 8 heteroatoms. The lowest BCUT2D eigenvalue weighted by atomic mass is 10.3. The Bertz CT molecular complexity index is 422. The number of halogens is 1. The van der Waals surface area contributed by atoms with Gasteiger partial charge in [-0.3, -0.25) is 0 Å². The van der Waals surface area contributed by atoms with Crippen molar-refractivity contribution in [2.75, 3.05) is 90.3 Å². The molecule has 0 radical (unpaired) electrons. The molecule has 0 aliphatic carbocycles. The number of hydrogen-bond donors (Lipinski definition) is 0. The highest BCUT2D eigenvalue weighted by Gasteiger charge is 1.95. The summed E-state index contributed by atoms with van der Waals surface area (Å²) < 4.78 is 38.9.